The Morgan fingerprint density at radius 2 is 1.38 bits per heavy atom. The van der Waals surface area contributed by atoms with Gasteiger partial charge < -0.3 is 9.47 Å². The van der Waals surface area contributed by atoms with Crippen molar-refractivity contribution >= 4 is 23.5 Å². The quantitative estimate of drug-likeness (QED) is 0.282. The Labute approximate surface area is 169 Å². The molecule has 29 heavy (non-hydrogen) atoms. The summed E-state index contributed by atoms with van der Waals surface area (Å²) in [7, 11) is 0. The number of hydrogen-bond acceptors (Lipinski definition) is 4. The van der Waals surface area contributed by atoms with E-state index in [4.69, 9.17) is 21.1 Å². The van der Waals surface area contributed by atoms with Gasteiger partial charge in [-0.1, -0.05) is 25.3 Å². The molecule has 0 bridgehead atoms. The van der Waals surface area contributed by atoms with Gasteiger partial charge in [0.2, 0.25) is 0 Å². The van der Waals surface area contributed by atoms with E-state index < -0.39 is 29.1 Å². The molecule has 150 valence electrons. The molecule has 0 fully saturated rings. The van der Waals surface area contributed by atoms with E-state index >= 15 is 0 Å². The molecule has 0 aromatic heterocycles. The molecule has 2 aromatic carbocycles. The fourth-order valence-corrected chi connectivity index (χ4v) is 3.13. The van der Waals surface area contributed by atoms with Gasteiger partial charge in [0.25, 0.3) is 0 Å². The summed E-state index contributed by atoms with van der Waals surface area (Å²) in [5, 5.41) is -0.673. The lowest BCUT2D eigenvalue weighted by atomic mass is 10.1. The molecule has 0 radical (unpaired) electrons. The van der Waals surface area contributed by atoms with E-state index in [0.717, 1.165) is 11.1 Å². The third kappa shape index (κ3) is 4.05. The Bertz CT molecular complexity index is 1060. The Balaban J connectivity index is 1.86. The molecule has 1 aliphatic rings. The first-order valence-electron chi connectivity index (χ1n) is 8.27. The van der Waals surface area contributed by atoms with E-state index in [0.29, 0.717) is 11.1 Å². The molecule has 0 saturated carbocycles. The highest BCUT2D eigenvalue weighted by Gasteiger charge is 2.38. The van der Waals surface area contributed by atoms with Crippen LogP contribution in [-0.4, -0.2) is 18.1 Å². The predicted molar refractivity (Wildman–Crippen MR) is 101 cm³/mol. The van der Waals surface area contributed by atoms with Crippen LogP contribution < -0.4 is 9.47 Å². The molecule has 8 heteroatoms. The number of benzene rings is 2. The zero-order valence-corrected chi connectivity index (χ0v) is 15.9. The topological polar surface area (TPSA) is 52.6 Å². The Morgan fingerprint density at radius 3 is 1.79 bits per heavy atom. The number of alkyl halides is 4. The normalized spacial score (nSPS) is 14.6. The Hall–Kier alpha value is -3.06. The summed E-state index contributed by atoms with van der Waals surface area (Å²) in [6, 6.07) is 9.27. The van der Waals surface area contributed by atoms with Crippen molar-refractivity contribution in [3.05, 3.63) is 71.8 Å². The van der Waals surface area contributed by atoms with Gasteiger partial charge in [-0.25, -0.2) is 9.59 Å². The number of halogens is 4. The van der Waals surface area contributed by atoms with Crippen molar-refractivity contribution in [3.63, 3.8) is 0 Å². The van der Waals surface area contributed by atoms with Crippen LogP contribution in [0.3, 0.4) is 0 Å². The van der Waals surface area contributed by atoms with E-state index in [2.05, 4.69) is 13.2 Å². The fourth-order valence-electron chi connectivity index (χ4n) is 2.76. The lowest BCUT2D eigenvalue weighted by molar-refractivity contribution is -0.142. The third-order valence-corrected chi connectivity index (χ3v) is 4.71. The van der Waals surface area contributed by atoms with Gasteiger partial charge in [-0.05, 0) is 53.4 Å². The van der Waals surface area contributed by atoms with Gasteiger partial charge in [0, 0.05) is 5.57 Å². The molecule has 0 spiro atoms. The summed E-state index contributed by atoms with van der Waals surface area (Å²) in [6.45, 7) is 7.75. The molecule has 1 aliphatic carbocycles. The minimum absolute atomic E-state index is 0.0912. The molecule has 0 N–H and O–H groups in total. The fraction of sp³-hybridized carbons (Fsp3) is 0.143. The summed E-state index contributed by atoms with van der Waals surface area (Å²) < 4.78 is 47.7. The number of ether oxygens (including phenoxy) is 2. The van der Waals surface area contributed by atoms with Crippen molar-refractivity contribution < 1.29 is 32.2 Å². The van der Waals surface area contributed by atoms with Gasteiger partial charge in [-0.3, -0.25) is 0 Å². The second kappa shape index (κ2) is 7.40. The monoisotopic (exact) mass is 422 g/mol. The summed E-state index contributed by atoms with van der Waals surface area (Å²) in [4.78, 5) is 23.3. The highest BCUT2D eigenvalue weighted by atomic mass is 35.5. The van der Waals surface area contributed by atoms with Crippen LogP contribution in [0.4, 0.5) is 13.2 Å². The van der Waals surface area contributed by atoms with Crippen molar-refractivity contribution in [2.45, 2.75) is 18.5 Å². The van der Waals surface area contributed by atoms with E-state index in [1.54, 1.807) is 24.3 Å². The molecule has 2 aromatic rings. The van der Waals surface area contributed by atoms with Crippen LogP contribution in [0.5, 0.6) is 11.5 Å². The van der Waals surface area contributed by atoms with Gasteiger partial charge >= 0.3 is 18.1 Å². The van der Waals surface area contributed by atoms with Gasteiger partial charge in [0.05, 0.1) is 5.38 Å². The zero-order valence-electron chi connectivity index (χ0n) is 15.1. The van der Waals surface area contributed by atoms with Crippen LogP contribution >= 0.6 is 11.6 Å². The summed E-state index contributed by atoms with van der Waals surface area (Å²) in [6.07, 6.45) is -4.88. The minimum Gasteiger partial charge on any atom is -0.423 e. The van der Waals surface area contributed by atoms with Crippen LogP contribution in [0.25, 0.3) is 11.1 Å². The lowest BCUT2D eigenvalue weighted by Crippen LogP contribution is -2.23. The molecule has 3 rings (SSSR count). The molecular formula is C21H14ClF3O4. The van der Waals surface area contributed by atoms with Crippen LogP contribution in [0.1, 0.15) is 23.4 Å². The highest BCUT2D eigenvalue weighted by Crippen LogP contribution is 2.49. The number of esters is 2. The van der Waals surface area contributed by atoms with Gasteiger partial charge in [0.1, 0.15) is 17.1 Å². The van der Waals surface area contributed by atoms with Crippen molar-refractivity contribution in [3.8, 4) is 22.6 Å². The van der Waals surface area contributed by atoms with Gasteiger partial charge in [-0.2, -0.15) is 13.2 Å². The van der Waals surface area contributed by atoms with E-state index in [1.807, 2.05) is 0 Å². The molecule has 0 heterocycles. The molecule has 0 amide bonds. The van der Waals surface area contributed by atoms with Crippen molar-refractivity contribution in [1.29, 1.82) is 0 Å². The van der Waals surface area contributed by atoms with Crippen molar-refractivity contribution in [1.82, 2.24) is 0 Å². The number of carbonyl (C=O) groups is 2. The molecule has 1 unspecified atom stereocenters. The van der Waals surface area contributed by atoms with Crippen LogP contribution in [0.15, 0.2) is 60.7 Å². The second-order valence-corrected chi connectivity index (χ2v) is 6.83. The maximum absolute atomic E-state index is 12.6. The van der Waals surface area contributed by atoms with Gasteiger partial charge in [-0.15, -0.1) is 11.6 Å². The average Bonchev–Trinajstić information content (AvgIpc) is 2.92. The van der Waals surface area contributed by atoms with E-state index in [1.165, 1.54) is 19.1 Å². The average molecular weight is 423 g/mol. The van der Waals surface area contributed by atoms with Gasteiger partial charge in [0.15, 0.2) is 0 Å². The summed E-state index contributed by atoms with van der Waals surface area (Å²) >= 11 is 6.49. The highest BCUT2D eigenvalue weighted by molar-refractivity contribution is 6.24. The Morgan fingerprint density at radius 1 is 0.931 bits per heavy atom. The van der Waals surface area contributed by atoms with Crippen LogP contribution in [-0.2, 0) is 9.59 Å². The number of carbonyl (C=O) groups excluding carboxylic acids is 2. The molecule has 4 nitrogen and oxygen atoms in total. The smallest absolute Gasteiger partial charge is 0.422 e. The maximum atomic E-state index is 12.6. The largest absolute Gasteiger partial charge is 0.423 e. The first-order valence-corrected chi connectivity index (χ1v) is 8.71. The summed E-state index contributed by atoms with van der Waals surface area (Å²) in [5.41, 5.74) is 1.33. The zero-order chi connectivity index (χ0) is 21.5. The third-order valence-electron chi connectivity index (χ3n) is 4.24. The van der Waals surface area contributed by atoms with Crippen molar-refractivity contribution in [2.24, 2.45) is 0 Å². The lowest BCUT2D eigenvalue weighted by Gasteiger charge is -2.11. The van der Waals surface area contributed by atoms with Crippen LogP contribution in [0, 0.1) is 0 Å². The second-order valence-electron chi connectivity index (χ2n) is 6.40. The standard InChI is InChI=1S/C21H14ClF3O4/c1-10(2)19(26)28-12-4-6-14-15-7-5-13(9-17(15)18(22)16(14)8-12)29-20(27)11(3)21(23,24)25/h4-9,18H,1,3H2,2H3. The predicted octanol–water partition coefficient (Wildman–Crippen LogP) is 5.50. The van der Waals surface area contributed by atoms with E-state index in [9.17, 15) is 22.8 Å². The SMILES string of the molecule is C=C(C)C(=O)Oc1ccc2c(c1)C(Cl)c1cc(OC(=O)C(=C)C(F)(F)F)ccc1-2. The number of rotatable bonds is 4. The Kier molecular flexibility index (Phi) is 5.28. The first-order chi connectivity index (χ1) is 13.5. The molecule has 1 atom stereocenters. The molecule has 0 aliphatic heterocycles. The number of fused-ring (bicyclic) bond motifs is 3. The molecular weight excluding hydrogens is 409 g/mol. The first kappa shape index (κ1) is 20.7. The van der Waals surface area contributed by atoms with Crippen LogP contribution in [0.2, 0.25) is 0 Å². The maximum Gasteiger partial charge on any atom is 0.422 e. The summed E-state index contributed by atoms with van der Waals surface area (Å²) in [5.74, 6) is -1.98. The van der Waals surface area contributed by atoms with Crippen molar-refractivity contribution in [2.75, 3.05) is 0 Å². The van der Waals surface area contributed by atoms with E-state index in [-0.39, 0.29) is 17.1 Å². The minimum atomic E-state index is -4.88. The number of hydrogen-bond donors (Lipinski definition) is 0. The molecule has 0 saturated heterocycles.